The van der Waals surface area contributed by atoms with E-state index in [9.17, 15) is 4.79 Å². The fraction of sp³-hybridized carbons (Fsp3) is 0.500. The van der Waals surface area contributed by atoms with E-state index in [4.69, 9.17) is 9.84 Å². The Morgan fingerprint density at radius 2 is 1.84 bits per heavy atom. The Labute approximate surface area is 146 Å². The smallest absolute Gasteiger partial charge is 0.358 e. The molecule has 4 rings (SSSR count). The van der Waals surface area contributed by atoms with Crippen molar-refractivity contribution in [3.63, 3.8) is 0 Å². The van der Waals surface area contributed by atoms with Gasteiger partial charge in [-0.3, -0.25) is 0 Å². The minimum atomic E-state index is -1.08. The monoisotopic (exact) mass is 342 g/mol. The lowest BCUT2D eigenvalue weighted by molar-refractivity contribution is 0.0493. The van der Waals surface area contributed by atoms with Crippen molar-refractivity contribution in [3.05, 3.63) is 36.2 Å². The summed E-state index contributed by atoms with van der Waals surface area (Å²) in [7, 11) is 0. The average molecular weight is 342 g/mol. The van der Waals surface area contributed by atoms with Crippen LogP contribution < -0.4 is 4.74 Å². The van der Waals surface area contributed by atoms with Gasteiger partial charge < -0.3 is 14.7 Å². The van der Waals surface area contributed by atoms with Gasteiger partial charge in [0.25, 0.3) is 0 Å². The molecule has 0 atom stereocenters. The number of rotatable bonds is 5. The molecule has 0 unspecified atom stereocenters. The fourth-order valence-corrected chi connectivity index (χ4v) is 3.47. The van der Waals surface area contributed by atoms with Crippen molar-refractivity contribution in [2.45, 2.75) is 44.2 Å². The Hall–Kier alpha value is -2.41. The third kappa shape index (κ3) is 3.51. The van der Waals surface area contributed by atoms with Gasteiger partial charge in [-0.05, 0) is 49.9 Å². The van der Waals surface area contributed by atoms with Crippen LogP contribution in [-0.4, -0.2) is 56.2 Å². The van der Waals surface area contributed by atoms with E-state index in [2.05, 4.69) is 15.2 Å². The highest BCUT2D eigenvalue weighted by Gasteiger charge is 2.29. The van der Waals surface area contributed by atoms with Crippen molar-refractivity contribution in [2.24, 2.45) is 0 Å². The van der Waals surface area contributed by atoms with Crippen LogP contribution >= 0.6 is 0 Å². The number of carboxylic acids is 1. The summed E-state index contributed by atoms with van der Waals surface area (Å²) in [5.74, 6) is -0.246. The van der Waals surface area contributed by atoms with Crippen molar-refractivity contribution in [1.29, 1.82) is 0 Å². The Bertz CT molecular complexity index is 731. The number of benzene rings is 1. The predicted molar refractivity (Wildman–Crippen MR) is 91.2 cm³/mol. The summed E-state index contributed by atoms with van der Waals surface area (Å²) in [6.45, 7) is 2.26. The molecule has 132 valence electrons. The molecule has 1 aromatic heterocycles. The van der Waals surface area contributed by atoms with Crippen LogP contribution in [0.15, 0.2) is 30.5 Å². The van der Waals surface area contributed by atoms with E-state index < -0.39 is 5.97 Å². The Morgan fingerprint density at radius 3 is 2.40 bits per heavy atom. The first-order chi connectivity index (χ1) is 12.2. The lowest BCUT2D eigenvalue weighted by atomic mass is 9.90. The van der Waals surface area contributed by atoms with Crippen LogP contribution in [0.2, 0.25) is 0 Å². The second-order valence-electron chi connectivity index (χ2n) is 6.79. The van der Waals surface area contributed by atoms with E-state index in [1.807, 2.05) is 24.3 Å². The van der Waals surface area contributed by atoms with Crippen molar-refractivity contribution in [3.8, 4) is 11.4 Å². The lowest BCUT2D eigenvalue weighted by Crippen LogP contribution is -2.46. The Kier molecular flexibility index (Phi) is 4.40. The fourth-order valence-electron chi connectivity index (χ4n) is 3.47. The number of aromatic nitrogens is 3. The third-order valence-electron chi connectivity index (χ3n) is 5.18. The normalized spacial score (nSPS) is 19.5. The molecular weight excluding hydrogens is 320 g/mol. The highest BCUT2D eigenvalue weighted by atomic mass is 16.5. The van der Waals surface area contributed by atoms with Gasteiger partial charge in [0.1, 0.15) is 11.9 Å². The van der Waals surface area contributed by atoms with E-state index in [1.165, 1.54) is 30.1 Å². The molecular formula is C18H22N4O3. The van der Waals surface area contributed by atoms with Gasteiger partial charge >= 0.3 is 5.97 Å². The van der Waals surface area contributed by atoms with Crippen LogP contribution in [0.3, 0.4) is 0 Å². The number of hydrogen-bond acceptors (Lipinski definition) is 5. The molecule has 1 saturated carbocycles. The van der Waals surface area contributed by atoms with Gasteiger partial charge in [0.2, 0.25) is 0 Å². The molecule has 7 heteroatoms. The van der Waals surface area contributed by atoms with E-state index in [0.717, 1.165) is 43.4 Å². The van der Waals surface area contributed by atoms with Crippen LogP contribution in [0.1, 0.15) is 42.6 Å². The number of piperidine rings is 1. The molecule has 2 aliphatic rings. The maximum absolute atomic E-state index is 10.9. The van der Waals surface area contributed by atoms with Gasteiger partial charge in [-0.15, -0.1) is 5.10 Å². The van der Waals surface area contributed by atoms with Gasteiger partial charge in [-0.25, -0.2) is 9.48 Å². The topological polar surface area (TPSA) is 80.5 Å². The zero-order valence-corrected chi connectivity index (χ0v) is 14.0. The predicted octanol–water partition coefficient (Wildman–Crippen LogP) is 2.36. The molecule has 1 N–H and O–H groups in total. The van der Waals surface area contributed by atoms with Gasteiger partial charge in [0.05, 0.1) is 11.9 Å². The van der Waals surface area contributed by atoms with Crippen LogP contribution in [-0.2, 0) is 0 Å². The average Bonchev–Trinajstić information content (AvgIpc) is 3.06. The second-order valence-corrected chi connectivity index (χ2v) is 6.79. The Balaban J connectivity index is 1.33. The number of aromatic carboxylic acids is 1. The largest absolute Gasteiger partial charge is 0.490 e. The van der Waals surface area contributed by atoms with Gasteiger partial charge in [0, 0.05) is 19.1 Å². The van der Waals surface area contributed by atoms with Gasteiger partial charge in [-0.1, -0.05) is 11.6 Å². The molecule has 25 heavy (non-hydrogen) atoms. The lowest BCUT2D eigenvalue weighted by Gasteiger charge is -2.41. The Morgan fingerprint density at radius 1 is 1.12 bits per heavy atom. The number of carboxylic acid groups (broad SMARTS) is 1. The van der Waals surface area contributed by atoms with Gasteiger partial charge in [0.15, 0.2) is 5.69 Å². The van der Waals surface area contributed by atoms with Crippen molar-refractivity contribution in [2.75, 3.05) is 13.1 Å². The first-order valence-electron chi connectivity index (χ1n) is 8.86. The molecule has 7 nitrogen and oxygen atoms in total. The zero-order chi connectivity index (χ0) is 17.2. The van der Waals surface area contributed by atoms with Crippen LogP contribution in [0.5, 0.6) is 5.75 Å². The number of likely N-dealkylation sites (tertiary alicyclic amines) is 1. The number of nitrogens with zero attached hydrogens (tertiary/aromatic N) is 4. The van der Waals surface area contributed by atoms with Crippen molar-refractivity contribution >= 4 is 5.97 Å². The van der Waals surface area contributed by atoms with E-state index in [1.54, 1.807) is 0 Å². The van der Waals surface area contributed by atoms with Gasteiger partial charge in [-0.2, -0.15) is 0 Å². The third-order valence-corrected chi connectivity index (χ3v) is 5.18. The molecule has 2 aromatic rings. The second kappa shape index (κ2) is 6.84. The van der Waals surface area contributed by atoms with Crippen LogP contribution in [0.4, 0.5) is 0 Å². The zero-order valence-electron chi connectivity index (χ0n) is 14.0. The van der Waals surface area contributed by atoms with Crippen LogP contribution in [0.25, 0.3) is 5.69 Å². The summed E-state index contributed by atoms with van der Waals surface area (Å²) in [5.41, 5.74) is 0.686. The molecule has 0 radical (unpaired) electrons. The maximum Gasteiger partial charge on any atom is 0.358 e. The molecule has 1 saturated heterocycles. The molecule has 1 aromatic carbocycles. The number of ether oxygens (including phenoxy) is 1. The van der Waals surface area contributed by atoms with E-state index >= 15 is 0 Å². The molecule has 1 aliphatic heterocycles. The summed E-state index contributed by atoms with van der Waals surface area (Å²) in [4.78, 5) is 13.5. The summed E-state index contributed by atoms with van der Waals surface area (Å²) in [6.07, 6.45) is 7.92. The minimum Gasteiger partial charge on any atom is -0.490 e. The first-order valence-corrected chi connectivity index (χ1v) is 8.86. The first kappa shape index (κ1) is 16.1. The van der Waals surface area contributed by atoms with Crippen molar-refractivity contribution < 1.29 is 14.6 Å². The summed E-state index contributed by atoms with van der Waals surface area (Å²) in [5, 5.41) is 16.4. The standard InChI is InChI=1S/C18H22N4O3/c23-18(24)17-12-22(20-19-17)14-4-6-15(7-5-14)25-16-8-10-21(11-9-16)13-2-1-3-13/h4-7,12-13,16H,1-3,8-11H2,(H,23,24). The minimum absolute atomic E-state index is 0.0708. The summed E-state index contributed by atoms with van der Waals surface area (Å²) >= 11 is 0. The SMILES string of the molecule is O=C(O)c1cn(-c2ccc(OC3CCN(C4CCC4)CC3)cc2)nn1. The summed E-state index contributed by atoms with van der Waals surface area (Å²) in [6, 6.07) is 8.34. The molecule has 0 spiro atoms. The molecule has 0 bridgehead atoms. The van der Waals surface area contributed by atoms with E-state index in [-0.39, 0.29) is 11.8 Å². The summed E-state index contributed by atoms with van der Waals surface area (Å²) < 4.78 is 7.55. The van der Waals surface area contributed by atoms with Crippen molar-refractivity contribution in [1.82, 2.24) is 19.9 Å². The maximum atomic E-state index is 10.9. The molecule has 0 amide bonds. The molecule has 2 fully saturated rings. The van der Waals surface area contributed by atoms with Crippen LogP contribution in [0, 0.1) is 0 Å². The molecule has 1 aliphatic carbocycles. The molecule has 2 heterocycles. The highest BCUT2D eigenvalue weighted by Crippen LogP contribution is 2.28. The quantitative estimate of drug-likeness (QED) is 0.898. The highest BCUT2D eigenvalue weighted by molar-refractivity contribution is 5.84. The van der Waals surface area contributed by atoms with E-state index in [0.29, 0.717) is 0 Å². The number of carbonyl (C=O) groups is 1. The number of hydrogen-bond donors (Lipinski definition) is 1.